The lowest BCUT2D eigenvalue weighted by atomic mass is 10.2. The maximum absolute atomic E-state index is 6.05. The van der Waals surface area contributed by atoms with Gasteiger partial charge in [0.2, 0.25) is 0 Å². The van der Waals surface area contributed by atoms with Crippen molar-refractivity contribution < 1.29 is 4.74 Å². The highest BCUT2D eigenvalue weighted by Crippen LogP contribution is 2.23. The van der Waals surface area contributed by atoms with Crippen LogP contribution in [0.25, 0.3) is 0 Å². The van der Waals surface area contributed by atoms with Crippen LogP contribution in [0.1, 0.15) is 12.5 Å². The Kier molecular flexibility index (Phi) is 6.55. The first-order valence-electron chi connectivity index (χ1n) is 8.31. The fourth-order valence-electron chi connectivity index (χ4n) is 2.42. The molecular formula is C19H18Cl2N4OS. The molecule has 1 aromatic heterocycles. The molecule has 3 rings (SSSR count). The van der Waals surface area contributed by atoms with Crippen molar-refractivity contribution in [2.45, 2.75) is 13.5 Å². The lowest BCUT2D eigenvalue weighted by Crippen LogP contribution is -2.19. The molecule has 2 aromatic carbocycles. The Morgan fingerprint density at radius 1 is 1.07 bits per heavy atom. The summed E-state index contributed by atoms with van der Waals surface area (Å²) in [6, 6.07) is 15.0. The van der Waals surface area contributed by atoms with Gasteiger partial charge in [0.1, 0.15) is 5.75 Å². The van der Waals surface area contributed by atoms with E-state index in [2.05, 4.69) is 15.7 Å². The Balaban J connectivity index is 1.56. The van der Waals surface area contributed by atoms with Gasteiger partial charge in [-0.05, 0) is 61.1 Å². The van der Waals surface area contributed by atoms with Gasteiger partial charge in [0.05, 0.1) is 23.2 Å². The van der Waals surface area contributed by atoms with Crippen LogP contribution in [0.15, 0.2) is 54.7 Å². The summed E-state index contributed by atoms with van der Waals surface area (Å²) in [4.78, 5) is 0. The molecule has 0 unspecified atom stereocenters. The fraction of sp³-hybridized carbons (Fsp3) is 0.158. The van der Waals surface area contributed by atoms with Gasteiger partial charge in [-0.25, -0.2) is 0 Å². The average molecular weight is 421 g/mol. The summed E-state index contributed by atoms with van der Waals surface area (Å²) in [7, 11) is 0. The molecule has 0 amide bonds. The smallest absolute Gasteiger partial charge is 0.176 e. The fourth-order valence-corrected chi connectivity index (χ4v) is 2.96. The average Bonchev–Trinajstić information content (AvgIpc) is 3.07. The van der Waals surface area contributed by atoms with Crippen molar-refractivity contribution in [3.05, 3.63) is 70.3 Å². The molecule has 0 spiro atoms. The third-order valence-corrected chi connectivity index (χ3v) is 4.58. The molecule has 0 radical (unpaired) electrons. The Hall–Kier alpha value is -2.28. The van der Waals surface area contributed by atoms with E-state index in [9.17, 15) is 0 Å². The largest absolute Gasteiger partial charge is 0.494 e. The highest BCUT2D eigenvalue weighted by molar-refractivity contribution is 7.80. The van der Waals surface area contributed by atoms with Gasteiger partial charge in [-0.2, -0.15) is 5.10 Å². The Morgan fingerprint density at radius 2 is 1.85 bits per heavy atom. The molecule has 0 aliphatic rings. The molecule has 0 aliphatic heterocycles. The first-order chi connectivity index (χ1) is 13.0. The number of hydrogen-bond acceptors (Lipinski definition) is 3. The van der Waals surface area contributed by atoms with Gasteiger partial charge in [0.25, 0.3) is 0 Å². The molecule has 2 N–H and O–H groups in total. The van der Waals surface area contributed by atoms with Gasteiger partial charge in [-0.15, -0.1) is 0 Å². The number of hydrogen-bond donors (Lipinski definition) is 2. The topological polar surface area (TPSA) is 51.1 Å². The summed E-state index contributed by atoms with van der Waals surface area (Å²) in [5, 5.41) is 12.2. The number of aromatic nitrogens is 2. The second-order valence-electron chi connectivity index (χ2n) is 5.68. The second kappa shape index (κ2) is 9.08. The molecule has 3 aromatic rings. The molecule has 0 atom stereocenters. The zero-order chi connectivity index (χ0) is 19.2. The van der Waals surface area contributed by atoms with E-state index in [1.54, 1.807) is 10.7 Å². The van der Waals surface area contributed by atoms with Crippen LogP contribution < -0.4 is 15.4 Å². The predicted octanol–water partition coefficient (Wildman–Crippen LogP) is 5.45. The number of ether oxygens (including phenoxy) is 1. The highest BCUT2D eigenvalue weighted by Gasteiger charge is 2.05. The van der Waals surface area contributed by atoms with Gasteiger partial charge in [-0.3, -0.25) is 4.68 Å². The van der Waals surface area contributed by atoms with E-state index in [0.29, 0.717) is 34.1 Å². The number of anilines is 2. The first kappa shape index (κ1) is 19.5. The summed E-state index contributed by atoms with van der Waals surface area (Å²) in [6.45, 7) is 3.17. The summed E-state index contributed by atoms with van der Waals surface area (Å²) in [5.41, 5.74) is 1.88. The van der Waals surface area contributed by atoms with Crippen LogP contribution in [-0.2, 0) is 6.54 Å². The van der Waals surface area contributed by atoms with Crippen molar-refractivity contribution in [1.29, 1.82) is 0 Å². The minimum absolute atomic E-state index is 0.457. The first-order valence-corrected chi connectivity index (χ1v) is 9.48. The Bertz CT molecular complexity index is 928. The lowest BCUT2D eigenvalue weighted by molar-refractivity contribution is 0.340. The zero-order valence-corrected chi connectivity index (χ0v) is 16.9. The van der Waals surface area contributed by atoms with E-state index in [0.717, 1.165) is 17.0 Å². The minimum Gasteiger partial charge on any atom is -0.494 e. The van der Waals surface area contributed by atoms with Gasteiger partial charge >= 0.3 is 0 Å². The molecule has 140 valence electrons. The summed E-state index contributed by atoms with van der Waals surface area (Å²) in [5.74, 6) is 1.47. The van der Waals surface area contributed by atoms with Crippen molar-refractivity contribution >= 4 is 52.0 Å². The van der Waals surface area contributed by atoms with Crippen molar-refractivity contribution in [2.24, 2.45) is 0 Å². The number of thiocarbonyl (C=S) groups is 1. The maximum Gasteiger partial charge on any atom is 0.176 e. The molecule has 1 heterocycles. The summed E-state index contributed by atoms with van der Waals surface area (Å²) < 4.78 is 7.22. The molecule has 8 heteroatoms. The van der Waals surface area contributed by atoms with Crippen molar-refractivity contribution in [2.75, 3.05) is 17.2 Å². The summed E-state index contributed by atoms with van der Waals surface area (Å²) in [6.07, 6.45) is 1.87. The normalized spacial score (nSPS) is 10.5. The number of benzene rings is 2. The minimum atomic E-state index is 0.457. The van der Waals surface area contributed by atoms with Crippen LogP contribution in [0, 0.1) is 0 Å². The van der Waals surface area contributed by atoms with Crippen LogP contribution in [0.4, 0.5) is 11.5 Å². The highest BCUT2D eigenvalue weighted by atomic mass is 35.5. The molecule has 0 saturated carbocycles. The molecule has 0 fully saturated rings. The van der Waals surface area contributed by atoms with E-state index < -0.39 is 0 Å². The van der Waals surface area contributed by atoms with Crippen molar-refractivity contribution in [3.8, 4) is 5.75 Å². The Labute approximate surface area is 173 Å². The monoisotopic (exact) mass is 420 g/mol. The van der Waals surface area contributed by atoms with Gasteiger partial charge in [-0.1, -0.05) is 29.3 Å². The zero-order valence-electron chi connectivity index (χ0n) is 14.6. The predicted molar refractivity (Wildman–Crippen MR) is 115 cm³/mol. The SMILES string of the molecule is CCOc1ccc(NC(=S)Nc2ccn(Cc3ccc(Cl)c(Cl)c3)n2)cc1. The van der Waals surface area contributed by atoms with E-state index in [-0.39, 0.29) is 0 Å². The summed E-state index contributed by atoms with van der Waals surface area (Å²) >= 11 is 17.3. The van der Waals surface area contributed by atoms with Crippen LogP contribution in [-0.4, -0.2) is 21.5 Å². The molecular weight excluding hydrogens is 403 g/mol. The van der Waals surface area contributed by atoms with Gasteiger partial charge < -0.3 is 15.4 Å². The van der Waals surface area contributed by atoms with Crippen LogP contribution in [0.5, 0.6) is 5.75 Å². The van der Waals surface area contributed by atoms with Crippen LogP contribution >= 0.6 is 35.4 Å². The molecule has 5 nitrogen and oxygen atoms in total. The third kappa shape index (κ3) is 5.60. The quantitative estimate of drug-likeness (QED) is 0.519. The van der Waals surface area contributed by atoms with Gasteiger partial charge in [0.15, 0.2) is 10.9 Å². The van der Waals surface area contributed by atoms with Crippen LogP contribution in [0.3, 0.4) is 0 Å². The van der Waals surface area contributed by atoms with Crippen molar-refractivity contribution in [3.63, 3.8) is 0 Å². The Morgan fingerprint density at radius 3 is 2.56 bits per heavy atom. The number of nitrogens with zero attached hydrogens (tertiary/aromatic N) is 2. The second-order valence-corrected chi connectivity index (χ2v) is 6.91. The molecule has 0 saturated heterocycles. The van der Waals surface area contributed by atoms with E-state index in [4.69, 9.17) is 40.2 Å². The standard InChI is InChI=1S/C19H18Cl2N4OS/c1-2-26-15-6-4-14(5-7-15)22-19(27)23-18-9-10-25(24-18)12-13-3-8-16(20)17(21)11-13/h3-11H,2,12H2,1H3,(H2,22,23,24,27). The van der Waals surface area contributed by atoms with Crippen LogP contribution in [0.2, 0.25) is 10.0 Å². The van der Waals surface area contributed by atoms with E-state index in [1.165, 1.54) is 0 Å². The lowest BCUT2D eigenvalue weighted by Gasteiger charge is -2.09. The van der Waals surface area contributed by atoms with Gasteiger partial charge in [0, 0.05) is 18.0 Å². The number of rotatable bonds is 6. The molecule has 0 bridgehead atoms. The number of nitrogens with one attached hydrogen (secondary N) is 2. The molecule has 27 heavy (non-hydrogen) atoms. The third-order valence-electron chi connectivity index (χ3n) is 3.63. The van der Waals surface area contributed by atoms with E-state index in [1.807, 2.05) is 55.6 Å². The number of halogens is 2. The molecule has 0 aliphatic carbocycles. The maximum atomic E-state index is 6.05. The van der Waals surface area contributed by atoms with Crippen molar-refractivity contribution in [1.82, 2.24) is 9.78 Å². The van der Waals surface area contributed by atoms with E-state index >= 15 is 0 Å².